The molecule has 1 fully saturated rings. The molecule has 1 rings (SSSR count). The standard InChI is InChI=1S/C21H36O/c1-3-4-5-6-7-10-14-20-15-12-16-21(20)18-19(2)13-9-8-11-17-22/h10,14,17,20-21H,2-9,11-13,15-16,18H2,1H3/b14-10+/t20?,21-/m1/s1. The summed E-state index contributed by atoms with van der Waals surface area (Å²) in [6.07, 6.45) is 22.0. The Kier molecular flexibility index (Phi) is 11.1. The molecule has 126 valence electrons. The van der Waals surface area contributed by atoms with Crippen molar-refractivity contribution in [1.29, 1.82) is 0 Å². The van der Waals surface area contributed by atoms with Crippen molar-refractivity contribution >= 4 is 6.29 Å². The zero-order valence-electron chi connectivity index (χ0n) is 14.7. The van der Waals surface area contributed by atoms with Crippen molar-refractivity contribution in [3.63, 3.8) is 0 Å². The van der Waals surface area contributed by atoms with E-state index in [0.717, 1.165) is 37.4 Å². The number of carbonyl (C=O) groups excluding carboxylic acids is 1. The Balaban J connectivity index is 2.20. The van der Waals surface area contributed by atoms with Crippen LogP contribution in [0.3, 0.4) is 0 Å². The van der Waals surface area contributed by atoms with E-state index in [2.05, 4.69) is 25.7 Å². The lowest BCUT2D eigenvalue weighted by atomic mass is 9.88. The van der Waals surface area contributed by atoms with Crippen molar-refractivity contribution in [2.75, 3.05) is 0 Å². The zero-order chi connectivity index (χ0) is 16.0. The number of aldehydes is 1. The van der Waals surface area contributed by atoms with Gasteiger partial charge in [-0.3, -0.25) is 0 Å². The normalized spacial score (nSPS) is 21.5. The van der Waals surface area contributed by atoms with E-state index < -0.39 is 0 Å². The minimum absolute atomic E-state index is 0.708. The van der Waals surface area contributed by atoms with E-state index in [4.69, 9.17) is 0 Å². The van der Waals surface area contributed by atoms with Crippen LogP contribution in [0.15, 0.2) is 24.3 Å². The summed E-state index contributed by atoms with van der Waals surface area (Å²) in [7, 11) is 0. The van der Waals surface area contributed by atoms with Crippen molar-refractivity contribution in [3.8, 4) is 0 Å². The summed E-state index contributed by atoms with van der Waals surface area (Å²) in [5.74, 6) is 1.61. The van der Waals surface area contributed by atoms with Crippen LogP contribution in [0.25, 0.3) is 0 Å². The van der Waals surface area contributed by atoms with Gasteiger partial charge in [0.2, 0.25) is 0 Å². The van der Waals surface area contributed by atoms with Crippen molar-refractivity contribution < 1.29 is 4.79 Å². The lowest BCUT2D eigenvalue weighted by molar-refractivity contribution is -0.107. The van der Waals surface area contributed by atoms with Crippen LogP contribution in [0.2, 0.25) is 0 Å². The van der Waals surface area contributed by atoms with Gasteiger partial charge in [0.15, 0.2) is 0 Å². The molecule has 0 N–H and O–H groups in total. The van der Waals surface area contributed by atoms with Gasteiger partial charge in [0, 0.05) is 6.42 Å². The molecule has 0 aliphatic heterocycles. The third-order valence-electron chi connectivity index (χ3n) is 4.98. The molecular formula is C21H36O. The van der Waals surface area contributed by atoms with Gasteiger partial charge in [-0.15, -0.1) is 0 Å². The quantitative estimate of drug-likeness (QED) is 0.212. The highest BCUT2D eigenvalue weighted by Gasteiger charge is 2.25. The van der Waals surface area contributed by atoms with Gasteiger partial charge < -0.3 is 4.79 Å². The molecule has 0 heterocycles. The average Bonchev–Trinajstić information content (AvgIpc) is 2.94. The Labute approximate surface area is 138 Å². The van der Waals surface area contributed by atoms with Gasteiger partial charge in [0.25, 0.3) is 0 Å². The first-order valence-electron chi connectivity index (χ1n) is 9.54. The van der Waals surface area contributed by atoms with Crippen molar-refractivity contribution in [2.45, 2.75) is 90.4 Å². The number of hydrogen-bond acceptors (Lipinski definition) is 1. The molecule has 1 nitrogen and oxygen atoms in total. The van der Waals surface area contributed by atoms with E-state index in [0.29, 0.717) is 6.42 Å². The second kappa shape index (κ2) is 12.7. The monoisotopic (exact) mass is 304 g/mol. The smallest absolute Gasteiger partial charge is 0.119 e. The fourth-order valence-electron chi connectivity index (χ4n) is 3.61. The van der Waals surface area contributed by atoms with Gasteiger partial charge in [-0.05, 0) is 63.2 Å². The van der Waals surface area contributed by atoms with Crippen LogP contribution in [0.4, 0.5) is 0 Å². The van der Waals surface area contributed by atoms with Crippen LogP contribution in [0, 0.1) is 11.8 Å². The van der Waals surface area contributed by atoms with Gasteiger partial charge in [0.05, 0.1) is 0 Å². The number of hydrogen-bond donors (Lipinski definition) is 0. The third-order valence-corrected chi connectivity index (χ3v) is 4.98. The summed E-state index contributed by atoms with van der Waals surface area (Å²) in [6.45, 7) is 6.54. The predicted molar refractivity (Wildman–Crippen MR) is 97.0 cm³/mol. The number of allylic oxidation sites excluding steroid dienone is 3. The van der Waals surface area contributed by atoms with Crippen LogP contribution in [0.1, 0.15) is 90.4 Å². The molecule has 0 amide bonds. The molecule has 0 spiro atoms. The molecule has 1 heteroatoms. The maximum absolute atomic E-state index is 10.3. The molecule has 1 aliphatic carbocycles. The lowest BCUT2D eigenvalue weighted by Gasteiger charge is -2.17. The average molecular weight is 305 g/mol. The predicted octanol–water partition coefficient (Wildman–Crippen LogP) is 6.63. The molecule has 2 atom stereocenters. The minimum atomic E-state index is 0.708. The highest BCUT2D eigenvalue weighted by Crippen LogP contribution is 2.37. The highest BCUT2D eigenvalue weighted by atomic mass is 16.1. The topological polar surface area (TPSA) is 17.1 Å². The molecule has 0 aromatic rings. The summed E-state index contributed by atoms with van der Waals surface area (Å²) >= 11 is 0. The number of rotatable bonds is 13. The minimum Gasteiger partial charge on any atom is -0.303 e. The molecular weight excluding hydrogens is 268 g/mol. The second-order valence-electron chi connectivity index (χ2n) is 7.00. The zero-order valence-corrected chi connectivity index (χ0v) is 14.7. The largest absolute Gasteiger partial charge is 0.303 e. The first kappa shape index (κ1) is 19.2. The van der Waals surface area contributed by atoms with Gasteiger partial charge >= 0.3 is 0 Å². The molecule has 22 heavy (non-hydrogen) atoms. The van der Waals surface area contributed by atoms with E-state index in [1.165, 1.54) is 63.4 Å². The summed E-state index contributed by atoms with van der Waals surface area (Å²) < 4.78 is 0. The van der Waals surface area contributed by atoms with Gasteiger partial charge in [-0.1, -0.05) is 56.9 Å². The van der Waals surface area contributed by atoms with E-state index in [-0.39, 0.29) is 0 Å². The fourth-order valence-corrected chi connectivity index (χ4v) is 3.61. The molecule has 0 aromatic carbocycles. The molecule has 0 bridgehead atoms. The Hall–Kier alpha value is -0.850. The van der Waals surface area contributed by atoms with Gasteiger partial charge in [0.1, 0.15) is 6.29 Å². The summed E-state index contributed by atoms with van der Waals surface area (Å²) in [6, 6.07) is 0. The van der Waals surface area contributed by atoms with Crippen LogP contribution >= 0.6 is 0 Å². The summed E-state index contributed by atoms with van der Waals surface area (Å²) in [4.78, 5) is 10.3. The molecule has 0 radical (unpaired) electrons. The molecule has 1 saturated carbocycles. The van der Waals surface area contributed by atoms with Gasteiger partial charge in [-0.25, -0.2) is 0 Å². The Morgan fingerprint density at radius 1 is 1.09 bits per heavy atom. The van der Waals surface area contributed by atoms with E-state index in [9.17, 15) is 4.79 Å². The molecule has 0 aromatic heterocycles. The Morgan fingerprint density at radius 2 is 1.91 bits per heavy atom. The maximum atomic E-state index is 10.3. The molecule has 1 aliphatic rings. The van der Waals surface area contributed by atoms with Crippen LogP contribution in [-0.2, 0) is 4.79 Å². The number of carbonyl (C=O) groups is 1. The summed E-state index contributed by atoms with van der Waals surface area (Å²) in [5, 5.41) is 0. The van der Waals surface area contributed by atoms with Crippen LogP contribution in [-0.4, -0.2) is 6.29 Å². The highest BCUT2D eigenvalue weighted by molar-refractivity contribution is 5.48. The van der Waals surface area contributed by atoms with E-state index in [1.54, 1.807) is 0 Å². The first-order chi connectivity index (χ1) is 10.8. The van der Waals surface area contributed by atoms with E-state index >= 15 is 0 Å². The van der Waals surface area contributed by atoms with Crippen LogP contribution in [0.5, 0.6) is 0 Å². The van der Waals surface area contributed by atoms with Crippen molar-refractivity contribution in [1.82, 2.24) is 0 Å². The van der Waals surface area contributed by atoms with Crippen LogP contribution < -0.4 is 0 Å². The second-order valence-corrected chi connectivity index (χ2v) is 7.00. The SMILES string of the molecule is C=C(CCCCC=O)C[C@H]1CCCC1/C=C/CCCCCC. The summed E-state index contributed by atoms with van der Waals surface area (Å²) in [5.41, 5.74) is 1.40. The first-order valence-corrected chi connectivity index (χ1v) is 9.54. The van der Waals surface area contributed by atoms with E-state index in [1.807, 2.05) is 0 Å². The van der Waals surface area contributed by atoms with Crippen molar-refractivity contribution in [3.05, 3.63) is 24.3 Å². The lowest BCUT2D eigenvalue weighted by Crippen LogP contribution is -2.06. The molecule has 1 unspecified atom stereocenters. The Bertz CT molecular complexity index is 329. The van der Waals surface area contributed by atoms with Gasteiger partial charge in [-0.2, -0.15) is 0 Å². The fraction of sp³-hybridized carbons (Fsp3) is 0.762. The molecule has 0 saturated heterocycles. The maximum Gasteiger partial charge on any atom is 0.119 e. The Morgan fingerprint density at radius 3 is 2.68 bits per heavy atom. The third kappa shape index (κ3) is 8.56. The number of unbranched alkanes of at least 4 members (excludes halogenated alkanes) is 6. The van der Waals surface area contributed by atoms with Crippen molar-refractivity contribution in [2.24, 2.45) is 11.8 Å².